The molecule has 0 spiro atoms. The highest BCUT2D eigenvalue weighted by molar-refractivity contribution is 5.27. The van der Waals surface area contributed by atoms with Crippen molar-refractivity contribution in [2.24, 2.45) is 0 Å². The van der Waals surface area contributed by atoms with Crippen LogP contribution in [0, 0.1) is 6.07 Å². The van der Waals surface area contributed by atoms with Crippen LogP contribution >= 0.6 is 0 Å². The number of alkyl halides is 2. The number of aryl methyl sites for hydroxylation is 1. The summed E-state index contributed by atoms with van der Waals surface area (Å²) in [5.41, 5.74) is 0.973. The van der Waals surface area contributed by atoms with Gasteiger partial charge in [0.25, 0.3) is 0 Å². The van der Waals surface area contributed by atoms with Crippen LogP contribution in [0.2, 0.25) is 0 Å². The van der Waals surface area contributed by atoms with Gasteiger partial charge >= 0.3 is 6.61 Å². The minimum Gasteiger partial charge on any atom is -0.435 e. The van der Waals surface area contributed by atoms with E-state index in [1.165, 1.54) is 6.07 Å². The molecule has 0 saturated heterocycles. The molecule has 0 aliphatic rings. The van der Waals surface area contributed by atoms with Gasteiger partial charge in [-0.15, -0.1) is 0 Å². The van der Waals surface area contributed by atoms with Gasteiger partial charge in [0.1, 0.15) is 5.75 Å². The minimum atomic E-state index is -2.76. The first-order valence-electron chi connectivity index (χ1n) is 4.17. The van der Waals surface area contributed by atoms with Gasteiger partial charge in [0, 0.05) is 0 Å². The third-order valence-electron chi connectivity index (χ3n) is 1.59. The van der Waals surface area contributed by atoms with Gasteiger partial charge in [-0.3, -0.25) is 0 Å². The zero-order chi connectivity index (χ0) is 9.68. The maximum Gasteiger partial charge on any atom is 0.387 e. The number of hydrogen-bond donors (Lipinski definition) is 0. The predicted octanol–water partition coefficient (Wildman–Crippen LogP) is 3.04. The van der Waals surface area contributed by atoms with Gasteiger partial charge < -0.3 is 4.74 Å². The molecule has 0 aromatic heterocycles. The van der Waals surface area contributed by atoms with E-state index in [1.807, 2.05) is 6.92 Å². The van der Waals surface area contributed by atoms with Crippen LogP contribution in [0.15, 0.2) is 18.2 Å². The molecule has 0 heterocycles. The molecule has 1 aromatic rings. The quantitative estimate of drug-likeness (QED) is 0.700. The molecule has 0 N–H and O–H groups in total. The Labute approximate surface area is 76.3 Å². The third kappa shape index (κ3) is 3.40. The van der Waals surface area contributed by atoms with Gasteiger partial charge in [-0.1, -0.05) is 19.4 Å². The van der Waals surface area contributed by atoms with Crippen molar-refractivity contribution in [1.82, 2.24) is 0 Å². The zero-order valence-electron chi connectivity index (χ0n) is 7.39. The van der Waals surface area contributed by atoms with Crippen molar-refractivity contribution in [3.05, 3.63) is 29.8 Å². The first kappa shape index (κ1) is 9.96. The Balaban J connectivity index is 2.67. The van der Waals surface area contributed by atoms with E-state index in [-0.39, 0.29) is 5.75 Å². The Hall–Kier alpha value is -1.12. The van der Waals surface area contributed by atoms with Crippen LogP contribution in [0.3, 0.4) is 0 Å². The van der Waals surface area contributed by atoms with Gasteiger partial charge in [0.15, 0.2) is 0 Å². The number of benzene rings is 1. The zero-order valence-corrected chi connectivity index (χ0v) is 7.39. The van der Waals surface area contributed by atoms with Gasteiger partial charge in [0.05, 0.1) is 0 Å². The third-order valence-corrected chi connectivity index (χ3v) is 1.59. The predicted molar refractivity (Wildman–Crippen MR) is 45.9 cm³/mol. The lowest BCUT2D eigenvalue weighted by Crippen LogP contribution is -2.02. The van der Waals surface area contributed by atoms with Gasteiger partial charge in [0.2, 0.25) is 0 Å². The summed E-state index contributed by atoms with van der Waals surface area (Å²) in [5, 5.41) is 0. The van der Waals surface area contributed by atoms with E-state index in [4.69, 9.17) is 0 Å². The fraction of sp³-hybridized carbons (Fsp3) is 0.400. The van der Waals surface area contributed by atoms with Crippen LogP contribution in [0.1, 0.15) is 18.9 Å². The minimum absolute atomic E-state index is 0.181. The molecule has 1 nitrogen and oxygen atoms in total. The maximum absolute atomic E-state index is 11.8. The lowest BCUT2D eigenvalue weighted by Gasteiger charge is -2.05. The van der Waals surface area contributed by atoms with E-state index < -0.39 is 6.61 Å². The monoisotopic (exact) mass is 185 g/mol. The molecule has 1 radical (unpaired) electrons. The van der Waals surface area contributed by atoms with E-state index in [9.17, 15) is 8.78 Å². The standard InChI is InChI=1S/C10H11F2O/c1-2-4-8-5-3-6-9(7-8)13-10(11)12/h5-7,10H,2,4H2,1H3. The number of ether oxygens (including phenoxy) is 1. The Morgan fingerprint density at radius 3 is 2.85 bits per heavy atom. The number of halogens is 2. The smallest absolute Gasteiger partial charge is 0.387 e. The Bertz CT molecular complexity index is 261. The fourth-order valence-corrected chi connectivity index (χ4v) is 1.10. The fourth-order valence-electron chi connectivity index (χ4n) is 1.10. The molecule has 0 amide bonds. The average Bonchev–Trinajstić information content (AvgIpc) is 2.04. The topological polar surface area (TPSA) is 9.23 Å². The molecule has 0 fully saturated rings. The van der Waals surface area contributed by atoms with Crippen molar-refractivity contribution < 1.29 is 13.5 Å². The molecule has 0 aliphatic carbocycles. The summed E-state index contributed by atoms with van der Waals surface area (Å²) in [4.78, 5) is 0. The Morgan fingerprint density at radius 2 is 2.23 bits per heavy atom. The summed E-state index contributed by atoms with van der Waals surface area (Å²) < 4.78 is 27.8. The largest absolute Gasteiger partial charge is 0.435 e. The normalized spacial score (nSPS) is 10.5. The number of hydrogen-bond acceptors (Lipinski definition) is 1. The lowest BCUT2D eigenvalue weighted by atomic mass is 10.1. The molecule has 0 aliphatic heterocycles. The van der Waals surface area contributed by atoms with Crippen molar-refractivity contribution >= 4 is 0 Å². The second-order valence-corrected chi connectivity index (χ2v) is 2.71. The maximum atomic E-state index is 11.8. The van der Waals surface area contributed by atoms with E-state index >= 15 is 0 Å². The summed E-state index contributed by atoms with van der Waals surface area (Å²) in [6.07, 6.45) is 1.84. The van der Waals surface area contributed by atoms with Crippen LogP contribution in [0.5, 0.6) is 5.75 Å². The molecular weight excluding hydrogens is 174 g/mol. The SMILES string of the molecule is CCCc1c[c]cc(OC(F)F)c1. The van der Waals surface area contributed by atoms with Crippen LogP contribution < -0.4 is 4.74 Å². The van der Waals surface area contributed by atoms with E-state index in [0.717, 1.165) is 18.4 Å². The second-order valence-electron chi connectivity index (χ2n) is 2.71. The highest BCUT2D eigenvalue weighted by Crippen LogP contribution is 2.16. The Morgan fingerprint density at radius 1 is 1.46 bits per heavy atom. The van der Waals surface area contributed by atoms with E-state index in [2.05, 4.69) is 10.8 Å². The summed E-state index contributed by atoms with van der Waals surface area (Å²) in [7, 11) is 0. The van der Waals surface area contributed by atoms with Crippen LogP contribution in [-0.2, 0) is 6.42 Å². The molecule has 0 bridgehead atoms. The number of rotatable bonds is 4. The summed E-state index contributed by atoms with van der Waals surface area (Å²) in [5.74, 6) is 0.181. The Kier molecular flexibility index (Phi) is 3.68. The van der Waals surface area contributed by atoms with Crippen molar-refractivity contribution in [2.45, 2.75) is 26.4 Å². The lowest BCUT2D eigenvalue weighted by molar-refractivity contribution is -0.0498. The van der Waals surface area contributed by atoms with E-state index in [0.29, 0.717) is 0 Å². The first-order valence-corrected chi connectivity index (χ1v) is 4.17. The van der Waals surface area contributed by atoms with Gasteiger partial charge in [-0.2, -0.15) is 8.78 Å². The van der Waals surface area contributed by atoms with Crippen molar-refractivity contribution in [3.8, 4) is 5.75 Å². The van der Waals surface area contributed by atoms with Crippen LogP contribution in [0.25, 0.3) is 0 Å². The van der Waals surface area contributed by atoms with Crippen molar-refractivity contribution in [3.63, 3.8) is 0 Å². The molecule has 13 heavy (non-hydrogen) atoms. The van der Waals surface area contributed by atoms with Gasteiger partial charge in [-0.25, -0.2) is 0 Å². The highest BCUT2D eigenvalue weighted by atomic mass is 19.3. The van der Waals surface area contributed by atoms with Crippen molar-refractivity contribution in [1.29, 1.82) is 0 Å². The summed E-state index contributed by atoms with van der Waals surface area (Å²) in [6.45, 7) is -0.731. The molecular formula is C10H11F2O. The summed E-state index contributed by atoms with van der Waals surface area (Å²) in [6, 6.07) is 7.57. The second kappa shape index (κ2) is 4.80. The van der Waals surface area contributed by atoms with Gasteiger partial charge in [-0.05, 0) is 30.2 Å². The molecule has 1 aromatic carbocycles. The molecule has 1 rings (SSSR count). The van der Waals surface area contributed by atoms with Crippen molar-refractivity contribution in [2.75, 3.05) is 0 Å². The molecule has 71 valence electrons. The van der Waals surface area contributed by atoms with Crippen LogP contribution in [-0.4, -0.2) is 6.61 Å². The molecule has 0 atom stereocenters. The molecule has 0 saturated carbocycles. The molecule has 3 heteroatoms. The van der Waals surface area contributed by atoms with Crippen LogP contribution in [0.4, 0.5) is 8.78 Å². The molecule has 0 unspecified atom stereocenters. The van der Waals surface area contributed by atoms with E-state index in [1.54, 1.807) is 12.1 Å². The summed E-state index contributed by atoms with van der Waals surface area (Å²) >= 11 is 0. The highest BCUT2D eigenvalue weighted by Gasteiger charge is 2.03. The first-order chi connectivity index (χ1) is 6.22. The average molecular weight is 185 g/mol.